The van der Waals surface area contributed by atoms with Crippen molar-refractivity contribution in [1.82, 2.24) is 0 Å². The zero-order chi connectivity index (χ0) is 13.1. The number of nitro groups is 1. The molecule has 1 N–H and O–H groups in total. The van der Waals surface area contributed by atoms with Crippen LogP contribution in [-0.4, -0.2) is 17.8 Å². The summed E-state index contributed by atoms with van der Waals surface area (Å²) < 4.78 is 0. The Morgan fingerprint density at radius 2 is 2.06 bits per heavy atom. The summed E-state index contributed by atoms with van der Waals surface area (Å²) in [4.78, 5) is 20.9. The van der Waals surface area contributed by atoms with Gasteiger partial charge in [0.25, 0.3) is 5.69 Å². The van der Waals surface area contributed by atoms with Crippen LogP contribution in [0.2, 0.25) is 0 Å². The predicted octanol–water partition coefficient (Wildman–Crippen LogP) is 2.87. The molecule has 5 heteroatoms. The number of carbonyl (C=O) groups excluding carboxylic acids is 1. The van der Waals surface area contributed by atoms with Crippen LogP contribution in [0.4, 0.5) is 11.4 Å². The Kier molecular flexibility index (Phi) is 3.83. The number of hydrogen-bond donors (Lipinski definition) is 1. The number of nitro benzene ring substituents is 1. The van der Waals surface area contributed by atoms with Crippen molar-refractivity contribution >= 4 is 17.7 Å². The molecule has 0 aliphatic heterocycles. The number of carbonyl (C=O) groups is 1. The van der Waals surface area contributed by atoms with Crippen molar-refractivity contribution in [2.75, 3.05) is 11.9 Å². The molecule has 0 saturated carbocycles. The highest BCUT2D eigenvalue weighted by atomic mass is 16.6. The van der Waals surface area contributed by atoms with Gasteiger partial charge in [-0.3, -0.25) is 14.9 Å². The molecule has 0 fully saturated rings. The van der Waals surface area contributed by atoms with Gasteiger partial charge in [-0.15, -0.1) is 0 Å². The molecule has 5 nitrogen and oxygen atoms in total. The normalized spacial score (nSPS) is 11.0. The third-order valence-corrected chi connectivity index (χ3v) is 2.16. The molecule has 0 aliphatic rings. The van der Waals surface area contributed by atoms with Gasteiger partial charge >= 0.3 is 0 Å². The largest absolute Gasteiger partial charge is 0.379 e. The average Bonchev–Trinajstić information content (AvgIpc) is 2.25. The van der Waals surface area contributed by atoms with Gasteiger partial charge in [0.15, 0.2) is 0 Å². The third kappa shape index (κ3) is 3.86. The molecule has 1 aromatic carbocycles. The number of benzene rings is 1. The van der Waals surface area contributed by atoms with Crippen LogP contribution < -0.4 is 5.32 Å². The number of rotatable bonds is 4. The summed E-state index contributed by atoms with van der Waals surface area (Å²) in [6.45, 7) is 6.72. The average molecular weight is 236 g/mol. The Hall–Kier alpha value is -1.91. The second kappa shape index (κ2) is 4.95. The van der Waals surface area contributed by atoms with E-state index in [1.54, 1.807) is 12.1 Å². The van der Waals surface area contributed by atoms with Crippen molar-refractivity contribution in [2.45, 2.75) is 20.8 Å². The minimum Gasteiger partial charge on any atom is -0.379 e. The quantitative estimate of drug-likeness (QED) is 0.495. The lowest BCUT2D eigenvalue weighted by molar-refractivity contribution is -0.384. The van der Waals surface area contributed by atoms with Gasteiger partial charge in [-0.25, -0.2) is 0 Å². The maximum Gasteiger partial charge on any atom is 0.293 e. The number of nitrogens with zero attached hydrogens (tertiary/aromatic N) is 1. The van der Waals surface area contributed by atoms with Crippen LogP contribution in [-0.2, 0) is 0 Å². The van der Waals surface area contributed by atoms with Gasteiger partial charge in [0.2, 0.25) is 0 Å². The zero-order valence-electron chi connectivity index (χ0n) is 10.2. The van der Waals surface area contributed by atoms with E-state index < -0.39 is 4.92 Å². The lowest BCUT2D eigenvalue weighted by Crippen LogP contribution is -2.19. The fourth-order valence-corrected chi connectivity index (χ4v) is 1.28. The van der Waals surface area contributed by atoms with Crippen LogP contribution in [0.25, 0.3) is 0 Å². The second-order valence-electron chi connectivity index (χ2n) is 5.07. The maximum atomic E-state index is 10.9. The summed E-state index contributed by atoms with van der Waals surface area (Å²) in [6.07, 6.45) is 0.598. The van der Waals surface area contributed by atoms with E-state index in [4.69, 9.17) is 0 Å². The Balaban J connectivity index is 2.98. The molecular weight excluding hydrogens is 220 g/mol. The fourth-order valence-electron chi connectivity index (χ4n) is 1.28. The number of aldehydes is 1. The highest BCUT2D eigenvalue weighted by Crippen LogP contribution is 2.26. The first-order chi connectivity index (χ1) is 7.83. The zero-order valence-corrected chi connectivity index (χ0v) is 10.2. The Morgan fingerprint density at radius 3 is 2.53 bits per heavy atom. The summed E-state index contributed by atoms with van der Waals surface area (Å²) in [7, 11) is 0. The summed E-state index contributed by atoms with van der Waals surface area (Å²) in [5, 5.41) is 13.9. The molecule has 0 aromatic heterocycles. The summed E-state index contributed by atoms with van der Waals surface area (Å²) in [6, 6.07) is 4.40. The molecule has 1 rings (SSSR count). The first kappa shape index (κ1) is 13.2. The first-order valence-electron chi connectivity index (χ1n) is 5.31. The van der Waals surface area contributed by atoms with Crippen LogP contribution >= 0.6 is 0 Å². The SMILES string of the molecule is CC(C)(C)CNc1ccc(C=O)cc1[N+](=O)[O-]. The van der Waals surface area contributed by atoms with Gasteiger partial charge in [-0.1, -0.05) is 20.8 Å². The lowest BCUT2D eigenvalue weighted by Gasteiger charge is -2.19. The van der Waals surface area contributed by atoms with Crippen molar-refractivity contribution in [1.29, 1.82) is 0 Å². The molecule has 0 spiro atoms. The highest BCUT2D eigenvalue weighted by molar-refractivity contribution is 5.79. The maximum absolute atomic E-state index is 10.9. The molecule has 0 radical (unpaired) electrons. The Bertz CT molecular complexity index is 436. The van der Waals surface area contributed by atoms with Crippen LogP contribution in [0.1, 0.15) is 31.1 Å². The smallest absolute Gasteiger partial charge is 0.293 e. The highest BCUT2D eigenvalue weighted by Gasteiger charge is 2.17. The Morgan fingerprint density at radius 1 is 1.41 bits per heavy atom. The van der Waals surface area contributed by atoms with Gasteiger partial charge in [0, 0.05) is 18.2 Å². The second-order valence-corrected chi connectivity index (χ2v) is 5.07. The van der Waals surface area contributed by atoms with Crippen molar-refractivity contribution < 1.29 is 9.72 Å². The molecular formula is C12H16N2O3. The molecule has 0 saturated heterocycles. The Labute approximate surface area is 100.0 Å². The van der Waals surface area contributed by atoms with E-state index in [0.29, 0.717) is 24.1 Å². The number of nitrogens with one attached hydrogen (secondary N) is 1. The fraction of sp³-hybridized carbons (Fsp3) is 0.417. The monoisotopic (exact) mass is 236 g/mol. The molecule has 0 unspecified atom stereocenters. The van der Waals surface area contributed by atoms with Gasteiger partial charge in [0.05, 0.1) is 4.92 Å². The van der Waals surface area contributed by atoms with Crippen molar-refractivity contribution in [2.24, 2.45) is 5.41 Å². The van der Waals surface area contributed by atoms with Gasteiger partial charge in [0.1, 0.15) is 12.0 Å². The van der Waals surface area contributed by atoms with Gasteiger partial charge < -0.3 is 5.32 Å². The molecule has 92 valence electrons. The topological polar surface area (TPSA) is 72.2 Å². The van der Waals surface area contributed by atoms with Gasteiger partial charge in [-0.05, 0) is 17.5 Å². The van der Waals surface area contributed by atoms with E-state index in [1.165, 1.54) is 6.07 Å². The van der Waals surface area contributed by atoms with Crippen LogP contribution in [0.3, 0.4) is 0 Å². The molecule has 0 bridgehead atoms. The van der Waals surface area contributed by atoms with E-state index in [1.807, 2.05) is 20.8 Å². The lowest BCUT2D eigenvalue weighted by atomic mass is 9.97. The standard InChI is InChI=1S/C12H16N2O3/c1-12(2,3)8-13-10-5-4-9(7-15)6-11(10)14(16)17/h4-7,13H,8H2,1-3H3. The first-order valence-corrected chi connectivity index (χ1v) is 5.31. The van der Waals surface area contributed by atoms with Crippen molar-refractivity contribution in [3.05, 3.63) is 33.9 Å². The van der Waals surface area contributed by atoms with E-state index in [9.17, 15) is 14.9 Å². The molecule has 1 aromatic rings. The van der Waals surface area contributed by atoms with Crippen molar-refractivity contribution in [3.63, 3.8) is 0 Å². The minimum absolute atomic E-state index is 0.0250. The van der Waals surface area contributed by atoms with Crippen LogP contribution in [0.5, 0.6) is 0 Å². The van der Waals surface area contributed by atoms with Crippen LogP contribution in [0.15, 0.2) is 18.2 Å². The molecule has 0 aliphatic carbocycles. The van der Waals surface area contributed by atoms with E-state index >= 15 is 0 Å². The molecule has 0 amide bonds. The number of hydrogen-bond acceptors (Lipinski definition) is 4. The summed E-state index contributed by atoms with van der Waals surface area (Å²) in [5.41, 5.74) is 0.699. The van der Waals surface area contributed by atoms with Crippen molar-refractivity contribution in [3.8, 4) is 0 Å². The summed E-state index contributed by atoms with van der Waals surface area (Å²) in [5.74, 6) is 0. The molecule has 17 heavy (non-hydrogen) atoms. The third-order valence-electron chi connectivity index (χ3n) is 2.16. The van der Waals surface area contributed by atoms with Crippen LogP contribution in [0, 0.1) is 15.5 Å². The van der Waals surface area contributed by atoms with E-state index in [-0.39, 0.29) is 11.1 Å². The van der Waals surface area contributed by atoms with E-state index in [2.05, 4.69) is 5.32 Å². The number of anilines is 1. The minimum atomic E-state index is -0.488. The van der Waals surface area contributed by atoms with E-state index in [0.717, 1.165) is 0 Å². The molecule has 0 heterocycles. The summed E-state index contributed by atoms with van der Waals surface area (Å²) >= 11 is 0. The predicted molar refractivity (Wildman–Crippen MR) is 66.4 cm³/mol. The molecule has 0 atom stereocenters. The van der Waals surface area contributed by atoms with Gasteiger partial charge in [-0.2, -0.15) is 0 Å².